The molecule has 2 aromatic rings. The monoisotopic (exact) mass is 226 g/mol. The van der Waals surface area contributed by atoms with Gasteiger partial charge in [-0.2, -0.15) is 0 Å². The van der Waals surface area contributed by atoms with E-state index in [0.717, 1.165) is 29.9 Å². The fourth-order valence-electron chi connectivity index (χ4n) is 2.33. The molecule has 0 spiro atoms. The minimum atomic E-state index is 0.316. The Hall–Kier alpha value is -1.96. The smallest absolute Gasteiger partial charge is 0.122 e. The van der Waals surface area contributed by atoms with Gasteiger partial charge < -0.3 is 9.84 Å². The van der Waals surface area contributed by atoms with Gasteiger partial charge >= 0.3 is 0 Å². The lowest BCUT2D eigenvalue weighted by Crippen LogP contribution is -1.85. The van der Waals surface area contributed by atoms with Crippen LogP contribution in [0, 0.1) is 6.92 Å². The van der Waals surface area contributed by atoms with Crippen molar-refractivity contribution in [1.29, 1.82) is 0 Å². The highest BCUT2D eigenvalue weighted by Crippen LogP contribution is 2.32. The van der Waals surface area contributed by atoms with Gasteiger partial charge in [0.2, 0.25) is 0 Å². The summed E-state index contributed by atoms with van der Waals surface area (Å²) in [5.41, 5.74) is 4.71. The van der Waals surface area contributed by atoms with Crippen molar-refractivity contribution in [2.24, 2.45) is 0 Å². The van der Waals surface area contributed by atoms with Gasteiger partial charge in [-0.25, -0.2) is 0 Å². The summed E-state index contributed by atoms with van der Waals surface area (Å²) in [4.78, 5) is 0. The molecule has 0 aliphatic carbocycles. The van der Waals surface area contributed by atoms with E-state index in [9.17, 15) is 5.11 Å². The summed E-state index contributed by atoms with van der Waals surface area (Å²) in [7, 11) is 0. The number of fused-ring (bicyclic) bond motifs is 1. The molecule has 1 N–H and O–H groups in total. The van der Waals surface area contributed by atoms with E-state index in [1.165, 1.54) is 11.1 Å². The quantitative estimate of drug-likeness (QED) is 0.808. The maximum atomic E-state index is 9.42. The van der Waals surface area contributed by atoms with Crippen LogP contribution in [0.25, 0.3) is 11.1 Å². The van der Waals surface area contributed by atoms with Crippen molar-refractivity contribution >= 4 is 0 Å². The second kappa shape index (κ2) is 3.81. The number of phenolic OH excluding ortho intramolecular Hbond substituents is 1. The number of ether oxygens (including phenoxy) is 1. The van der Waals surface area contributed by atoms with Gasteiger partial charge in [0.15, 0.2) is 0 Å². The Morgan fingerprint density at radius 2 is 2.00 bits per heavy atom. The van der Waals surface area contributed by atoms with Crippen molar-refractivity contribution in [2.45, 2.75) is 13.3 Å². The molecule has 1 heterocycles. The molecule has 0 saturated carbocycles. The first-order valence-corrected chi connectivity index (χ1v) is 5.80. The molecule has 0 unspecified atom stereocenters. The van der Waals surface area contributed by atoms with Crippen molar-refractivity contribution in [3.05, 3.63) is 47.5 Å². The number of aryl methyl sites for hydroxylation is 1. The zero-order chi connectivity index (χ0) is 11.8. The molecule has 0 fully saturated rings. The summed E-state index contributed by atoms with van der Waals surface area (Å²) >= 11 is 0. The molecule has 2 heteroatoms. The first-order valence-electron chi connectivity index (χ1n) is 5.80. The van der Waals surface area contributed by atoms with Gasteiger partial charge in [0.1, 0.15) is 11.5 Å². The summed E-state index contributed by atoms with van der Waals surface area (Å²) in [6.07, 6.45) is 0.986. The second-order valence-electron chi connectivity index (χ2n) is 4.42. The molecule has 0 aromatic heterocycles. The predicted octanol–water partition coefficient (Wildman–Crippen LogP) is 3.30. The third kappa shape index (κ3) is 1.76. The second-order valence-corrected chi connectivity index (χ2v) is 4.42. The van der Waals surface area contributed by atoms with E-state index in [-0.39, 0.29) is 0 Å². The van der Waals surface area contributed by atoms with E-state index >= 15 is 0 Å². The minimum absolute atomic E-state index is 0.316. The minimum Gasteiger partial charge on any atom is -0.508 e. The fourth-order valence-corrected chi connectivity index (χ4v) is 2.33. The third-order valence-electron chi connectivity index (χ3n) is 3.21. The van der Waals surface area contributed by atoms with Crippen molar-refractivity contribution in [2.75, 3.05) is 6.61 Å². The lowest BCUT2D eigenvalue weighted by Gasteiger charge is -2.08. The number of aromatic hydroxyl groups is 1. The van der Waals surface area contributed by atoms with E-state index in [4.69, 9.17) is 4.74 Å². The van der Waals surface area contributed by atoms with Crippen molar-refractivity contribution in [3.63, 3.8) is 0 Å². The molecule has 0 bridgehead atoms. The van der Waals surface area contributed by atoms with Crippen LogP contribution < -0.4 is 4.74 Å². The van der Waals surface area contributed by atoms with Crippen molar-refractivity contribution in [1.82, 2.24) is 0 Å². The molecule has 2 nitrogen and oxygen atoms in total. The maximum Gasteiger partial charge on any atom is 0.122 e. The molecule has 17 heavy (non-hydrogen) atoms. The van der Waals surface area contributed by atoms with Crippen LogP contribution in [0.1, 0.15) is 11.1 Å². The first-order chi connectivity index (χ1) is 8.24. The Labute approximate surface area is 100 Å². The standard InChI is InChI=1S/C15H14O2/c1-10-8-13(16)3-4-14(10)11-2-5-15-12(9-11)6-7-17-15/h2-5,8-9,16H,6-7H2,1H3. The highest BCUT2D eigenvalue weighted by Gasteiger charge is 2.13. The van der Waals surface area contributed by atoms with Crippen LogP contribution in [0.5, 0.6) is 11.5 Å². The van der Waals surface area contributed by atoms with E-state index in [1.807, 2.05) is 19.1 Å². The van der Waals surface area contributed by atoms with Crippen LogP contribution in [0.3, 0.4) is 0 Å². The van der Waals surface area contributed by atoms with Crippen LogP contribution in [0.4, 0.5) is 0 Å². The van der Waals surface area contributed by atoms with E-state index < -0.39 is 0 Å². The first kappa shape index (κ1) is 10.2. The van der Waals surface area contributed by atoms with Crippen LogP contribution >= 0.6 is 0 Å². The predicted molar refractivity (Wildman–Crippen MR) is 67.5 cm³/mol. The summed E-state index contributed by atoms with van der Waals surface area (Å²) in [6, 6.07) is 11.8. The molecule has 0 saturated heterocycles. The maximum absolute atomic E-state index is 9.42. The Bertz CT molecular complexity index is 573. The number of hydrogen-bond donors (Lipinski definition) is 1. The highest BCUT2D eigenvalue weighted by atomic mass is 16.5. The molecule has 2 aromatic carbocycles. The molecular weight excluding hydrogens is 212 g/mol. The van der Waals surface area contributed by atoms with E-state index in [1.54, 1.807) is 12.1 Å². The number of benzene rings is 2. The van der Waals surface area contributed by atoms with Gasteiger partial charge in [0, 0.05) is 6.42 Å². The van der Waals surface area contributed by atoms with E-state index in [0.29, 0.717) is 5.75 Å². The normalized spacial score (nSPS) is 13.2. The molecule has 3 rings (SSSR count). The molecule has 0 radical (unpaired) electrons. The molecule has 86 valence electrons. The largest absolute Gasteiger partial charge is 0.508 e. The summed E-state index contributed by atoms with van der Waals surface area (Å²) in [6.45, 7) is 2.80. The summed E-state index contributed by atoms with van der Waals surface area (Å²) in [5, 5.41) is 9.42. The van der Waals surface area contributed by atoms with Crippen LogP contribution in [-0.2, 0) is 6.42 Å². The van der Waals surface area contributed by atoms with Crippen LogP contribution in [0.15, 0.2) is 36.4 Å². The Morgan fingerprint density at radius 3 is 2.82 bits per heavy atom. The summed E-state index contributed by atoms with van der Waals surface area (Å²) in [5.74, 6) is 1.32. The lowest BCUT2D eigenvalue weighted by atomic mass is 9.98. The Balaban J connectivity index is 2.09. The van der Waals surface area contributed by atoms with Gasteiger partial charge in [-0.15, -0.1) is 0 Å². The van der Waals surface area contributed by atoms with Gasteiger partial charge in [-0.3, -0.25) is 0 Å². The number of hydrogen-bond acceptors (Lipinski definition) is 2. The van der Waals surface area contributed by atoms with Crippen LogP contribution in [-0.4, -0.2) is 11.7 Å². The Kier molecular flexibility index (Phi) is 2.29. The Morgan fingerprint density at radius 1 is 1.12 bits per heavy atom. The molecular formula is C15H14O2. The number of phenols is 1. The van der Waals surface area contributed by atoms with Crippen LogP contribution in [0.2, 0.25) is 0 Å². The zero-order valence-corrected chi connectivity index (χ0v) is 9.73. The lowest BCUT2D eigenvalue weighted by molar-refractivity contribution is 0.357. The van der Waals surface area contributed by atoms with Crippen molar-refractivity contribution in [3.8, 4) is 22.6 Å². The van der Waals surface area contributed by atoms with Gasteiger partial charge in [0.25, 0.3) is 0 Å². The van der Waals surface area contributed by atoms with Gasteiger partial charge in [0.05, 0.1) is 6.61 Å². The highest BCUT2D eigenvalue weighted by molar-refractivity contribution is 5.70. The van der Waals surface area contributed by atoms with Crippen molar-refractivity contribution < 1.29 is 9.84 Å². The average Bonchev–Trinajstić information content (AvgIpc) is 2.75. The average molecular weight is 226 g/mol. The molecule has 0 amide bonds. The van der Waals surface area contributed by atoms with Gasteiger partial charge in [-0.05, 0) is 53.4 Å². The zero-order valence-electron chi connectivity index (χ0n) is 9.73. The third-order valence-corrected chi connectivity index (χ3v) is 3.21. The topological polar surface area (TPSA) is 29.5 Å². The SMILES string of the molecule is Cc1cc(O)ccc1-c1ccc2c(c1)CCO2. The van der Waals surface area contributed by atoms with E-state index in [2.05, 4.69) is 12.1 Å². The molecule has 0 atom stereocenters. The fraction of sp³-hybridized carbons (Fsp3) is 0.200. The number of rotatable bonds is 1. The summed E-state index contributed by atoms with van der Waals surface area (Å²) < 4.78 is 5.50. The molecule has 1 aliphatic heterocycles. The van der Waals surface area contributed by atoms with Gasteiger partial charge in [-0.1, -0.05) is 12.1 Å². The molecule has 1 aliphatic rings.